The first-order valence-corrected chi connectivity index (χ1v) is 6.05. The second kappa shape index (κ2) is 5.21. The van der Waals surface area contributed by atoms with E-state index < -0.39 is 17.6 Å². The lowest BCUT2D eigenvalue weighted by Crippen LogP contribution is -2.48. The Labute approximate surface area is 109 Å². The maximum Gasteiger partial charge on any atom is 0.406 e. The monoisotopic (exact) mass is 272 g/mol. The molecule has 0 spiro atoms. The average Bonchev–Trinajstić information content (AvgIpc) is 3.16. The molecule has 1 aliphatic rings. The first-order valence-electron chi connectivity index (χ1n) is 6.05. The van der Waals surface area contributed by atoms with Gasteiger partial charge in [-0.1, -0.05) is 30.3 Å². The van der Waals surface area contributed by atoms with Crippen molar-refractivity contribution in [2.75, 3.05) is 6.54 Å². The lowest BCUT2D eigenvalue weighted by molar-refractivity contribution is -0.166. The van der Waals surface area contributed by atoms with Crippen molar-refractivity contribution >= 4 is 5.91 Å². The molecule has 0 saturated heterocycles. The maximum absolute atomic E-state index is 12.6. The summed E-state index contributed by atoms with van der Waals surface area (Å²) in [5.74, 6) is -0.431. The molecule has 0 bridgehead atoms. The molecular formula is C13H15F3N2O. The van der Waals surface area contributed by atoms with Gasteiger partial charge in [0.05, 0.1) is 6.54 Å². The van der Waals surface area contributed by atoms with Gasteiger partial charge in [0.15, 0.2) is 0 Å². The van der Waals surface area contributed by atoms with E-state index in [2.05, 4.69) is 10.6 Å². The number of nitrogens with one attached hydrogen (secondary N) is 2. The summed E-state index contributed by atoms with van der Waals surface area (Å²) in [6.07, 6.45) is -4.20. The summed E-state index contributed by atoms with van der Waals surface area (Å²) in [6, 6.07) is 9.20. The lowest BCUT2D eigenvalue weighted by atomic mass is 10.2. The van der Waals surface area contributed by atoms with Crippen LogP contribution in [0.2, 0.25) is 0 Å². The number of rotatable bonds is 5. The molecule has 0 radical (unpaired) electrons. The molecule has 0 atom stereocenters. The Balaban J connectivity index is 1.74. The van der Waals surface area contributed by atoms with Gasteiger partial charge in [-0.3, -0.25) is 10.1 Å². The molecule has 0 unspecified atom stereocenters. The van der Waals surface area contributed by atoms with Crippen molar-refractivity contribution in [2.45, 2.75) is 31.1 Å². The van der Waals surface area contributed by atoms with E-state index >= 15 is 0 Å². The number of halogens is 3. The van der Waals surface area contributed by atoms with Crippen LogP contribution in [0.1, 0.15) is 18.4 Å². The van der Waals surface area contributed by atoms with Crippen molar-refractivity contribution in [3.8, 4) is 0 Å². The molecule has 0 heterocycles. The summed E-state index contributed by atoms with van der Waals surface area (Å²) in [6.45, 7) is 0.00666. The molecule has 104 valence electrons. The van der Waals surface area contributed by atoms with Gasteiger partial charge in [-0.05, 0) is 18.4 Å². The summed E-state index contributed by atoms with van der Waals surface area (Å²) in [5, 5.41) is 4.89. The van der Waals surface area contributed by atoms with Crippen LogP contribution in [-0.4, -0.2) is 24.2 Å². The minimum atomic E-state index is -4.29. The Kier molecular flexibility index (Phi) is 3.80. The predicted octanol–water partition coefficient (Wildman–Crippen LogP) is 1.99. The molecule has 1 aromatic rings. The third-order valence-corrected chi connectivity index (χ3v) is 3.21. The molecule has 2 N–H and O–H groups in total. The third-order valence-electron chi connectivity index (χ3n) is 3.21. The van der Waals surface area contributed by atoms with Crippen molar-refractivity contribution in [1.29, 1.82) is 0 Å². The van der Waals surface area contributed by atoms with Crippen LogP contribution in [0.3, 0.4) is 0 Å². The quantitative estimate of drug-likeness (QED) is 0.860. The van der Waals surface area contributed by atoms with Gasteiger partial charge < -0.3 is 5.32 Å². The zero-order chi connectivity index (χ0) is 13.9. The average molecular weight is 272 g/mol. The molecule has 1 fully saturated rings. The largest absolute Gasteiger partial charge is 0.406 e. The van der Waals surface area contributed by atoms with Gasteiger partial charge in [-0.25, -0.2) is 0 Å². The lowest BCUT2D eigenvalue weighted by Gasteiger charge is -2.20. The molecule has 1 aliphatic carbocycles. The van der Waals surface area contributed by atoms with Crippen LogP contribution in [0.5, 0.6) is 0 Å². The standard InChI is InChI=1S/C13H15F3N2O/c14-13(15,16)12(6-7-12)18-9-11(19)17-8-10-4-2-1-3-5-10/h1-5,18H,6-9H2,(H,17,19). The number of carbonyl (C=O) groups excluding carboxylic acids is 1. The second-order valence-electron chi connectivity index (χ2n) is 4.70. The normalized spacial score (nSPS) is 17.0. The highest BCUT2D eigenvalue weighted by molar-refractivity contribution is 5.78. The fraction of sp³-hybridized carbons (Fsp3) is 0.462. The van der Waals surface area contributed by atoms with E-state index in [0.717, 1.165) is 5.56 Å². The Morgan fingerprint density at radius 2 is 1.84 bits per heavy atom. The summed E-state index contributed by atoms with van der Waals surface area (Å²) < 4.78 is 37.8. The van der Waals surface area contributed by atoms with E-state index in [1.54, 1.807) is 0 Å². The number of carbonyl (C=O) groups is 1. The zero-order valence-corrected chi connectivity index (χ0v) is 10.3. The summed E-state index contributed by atoms with van der Waals surface area (Å²) in [4.78, 5) is 11.5. The first-order chi connectivity index (χ1) is 8.93. The molecule has 3 nitrogen and oxygen atoms in total. The Bertz CT molecular complexity index is 441. The van der Waals surface area contributed by atoms with E-state index in [4.69, 9.17) is 0 Å². The van der Waals surface area contributed by atoms with Gasteiger partial charge in [0, 0.05) is 6.54 Å². The Morgan fingerprint density at radius 3 is 2.37 bits per heavy atom. The minimum Gasteiger partial charge on any atom is -0.351 e. The van der Waals surface area contributed by atoms with Crippen LogP contribution in [0.25, 0.3) is 0 Å². The van der Waals surface area contributed by atoms with Crippen LogP contribution in [-0.2, 0) is 11.3 Å². The van der Waals surface area contributed by atoms with E-state index in [9.17, 15) is 18.0 Å². The number of alkyl halides is 3. The molecule has 1 aromatic carbocycles. The van der Waals surface area contributed by atoms with Gasteiger partial charge in [0.25, 0.3) is 0 Å². The fourth-order valence-corrected chi connectivity index (χ4v) is 1.79. The highest BCUT2D eigenvalue weighted by Crippen LogP contribution is 2.48. The van der Waals surface area contributed by atoms with E-state index in [-0.39, 0.29) is 19.4 Å². The smallest absolute Gasteiger partial charge is 0.351 e. The summed E-state index contributed by atoms with van der Waals surface area (Å²) in [5.41, 5.74) is -0.926. The minimum absolute atomic E-state index is 0.0441. The highest BCUT2D eigenvalue weighted by Gasteiger charge is 2.63. The SMILES string of the molecule is O=C(CNC1(C(F)(F)F)CC1)NCc1ccccc1. The Morgan fingerprint density at radius 1 is 1.21 bits per heavy atom. The highest BCUT2D eigenvalue weighted by atomic mass is 19.4. The number of hydrogen-bond acceptors (Lipinski definition) is 2. The van der Waals surface area contributed by atoms with Crippen molar-refractivity contribution in [2.24, 2.45) is 0 Å². The Hall–Kier alpha value is -1.56. The van der Waals surface area contributed by atoms with E-state index in [0.29, 0.717) is 6.54 Å². The van der Waals surface area contributed by atoms with Gasteiger partial charge in [-0.2, -0.15) is 13.2 Å². The number of hydrogen-bond donors (Lipinski definition) is 2. The molecule has 0 aliphatic heterocycles. The maximum atomic E-state index is 12.6. The zero-order valence-electron chi connectivity index (χ0n) is 10.3. The molecule has 1 saturated carbocycles. The number of benzene rings is 1. The molecular weight excluding hydrogens is 257 g/mol. The first kappa shape index (κ1) is 13.9. The van der Waals surface area contributed by atoms with Crippen LogP contribution >= 0.6 is 0 Å². The van der Waals surface area contributed by atoms with Crippen molar-refractivity contribution in [1.82, 2.24) is 10.6 Å². The van der Waals surface area contributed by atoms with Crippen LogP contribution in [0.15, 0.2) is 30.3 Å². The molecule has 6 heteroatoms. The van der Waals surface area contributed by atoms with Crippen LogP contribution in [0.4, 0.5) is 13.2 Å². The van der Waals surface area contributed by atoms with Gasteiger partial charge in [0.2, 0.25) is 5.91 Å². The van der Waals surface area contributed by atoms with Gasteiger partial charge >= 0.3 is 6.18 Å². The van der Waals surface area contributed by atoms with E-state index in [1.807, 2.05) is 30.3 Å². The topological polar surface area (TPSA) is 41.1 Å². The molecule has 0 aromatic heterocycles. The summed E-state index contributed by atoms with van der Waals surface area (Å²) >= 11 is 0. The fourth-order valence-electron chi connectivity index (χ4n) is 1.79. The van der Waals surface area contributed by atoms with Gasteiger partial charge in [0.1, 0.15) is 5.54 Å². The van der Waals surface area contributed by atoms with E-state index in [1.165, 1.54) is 0 Å². The predicted molar refractivity (Wildman–Crippen MR) is 64.3 cm³/mol. The molecule has 2 rings (SSSR count). The summed E-state index contributed by atoms with van der Waals surface area (Å²) in [7, 11) is 0. The van der Waals surface area contributed by atoms with Crippen LogP contribution < -0.4 is 10.6 Å². The van der Waals surface area contributed by atoms with Crippen molar-refractivity contribution in [3.63, 3.8) is 0 Å². The van der Waals surface area contributed by atoms with Crippen LogP contribution in [0, 0.1) is 0 Å². The second-order valence-corrected chi connectivity index (χ2v) is 4.70. The van der Waals surface area contributed by atoms with Gasteiger partial charge in [-0.15, -0.1) is 0 Å². The third kappa shape index (κ3) is 3.47. The molecule has 19 heavy (non-hydrogen) atoms. The van der Waals surface area contributed by atoms with Crippen molar-refractivity contribution in [3.05, 3.63) is 35.9 Å². The van der Waals surface area contributed by atoms with Crippen molar-refractivity contribution < 1.29 is 18.0 Å². The molecule has 1 amide bonds. The number of amides is 1.